The summed E-state index contributed by atoms with van der Waals surface area (Å²) in [5, 5.41) is 0. The molecule has 0 fully saturated rings. The zero-order valence-corrected chi connectivity index (χ0v) is 11.5. The van der Waals surface area contributed by atoms with Gasteiger partial charge in [0, 0.05) is 0 Å². The third kappa shape index (κ3) is 4.41. The van der Waals surface area contributed by atoms with Crippen molar-refractivity contribution in [1.29, 1.82) is 0 Å². The average molecular weight is 262 g/mol. The quantitative estimate of drug-likeness (QED) is 0.774. The van der Waals surface area contributed by atoms with Crippen LogP contribution >= 0.6 is 0 Å². The van der Waals surface area contributed by atoms with Crippen LogP contribution in [0.3, 0.4) is 0 Å². The van der Waals surface area contributed by atoms with Gasteiger partial charge in [-0.15, -0.1) is 0 Å². The van der Waals surface area contributed by atoms with Gasteiger partial charge in [0.2, 0.25) is 0 Å². The van der Waals surface area contributed by atoms with E-state index in [0.717, 1.165) is 5.92 Å². The highest BCUT2D eigenvalue weighted by atomic mass is 32.1. The maximum atomic E-state index is 8.29. The van der Waals surface area contributed by atoms with Gasteiger partial charge < -0.3 is 0 Å². The number of benzene rings is 1. The first-order valence-electron chi connectivity index (χ1n) is 6.04. The molecule has 0 bridgehead atoms. The van der Waals surface area contributed by atoms with Crippen LogP contribution in [-0.2, 0) is 11.6 Å². The van der Waals surface area contributed by atoms with Crippen molar-refractivity contribution in [3.8, 4) is 0 Å². The van der Waals surface area contributed by atoms with Crippen molar-refractivity contribution >= 4 is 17.1 Å². The maximum Gasteiger partial charge on any atom is 0.335 e. The molecule has 1 aliphatic carbocycles. The van der Waals surface area contributed by atoms with Gasteiger partial charge in [-0.25, -0.2) is 0 Å². The number of rotatable bonds is 1. The number of hydrogen-bond donors (Lipinski definition) is 0. The van der Waals surface area contributed by atoms with Gasteiger partial charge in [0.15, 0.2) is 0 Å². The summed E-state index contributed by atoms with van der Waals surface area (Å²) < 4.78 is 16.6. The van der Waals surface area contributed by atoms with Crippen molar-refractivity contribution in [2.24, 2.45) is 11.8 Å². The summed E-state index contributed by atoms with van der Waals surface area (Å²) in [5.41, 5.74) is 2.70. The van der Waals surface area contributed by atoms with E-state index in [9.17, 15) is 0 Å². The van der Waals surface area contributed by atoms with Crippen molar-refractivity contribution in [1.82, 2.24) is 0 Å². The van der Waals surface area contributed by atoms with Crippen molar-refractivity contribution in [2.75, 3.05) is 0 Å². The lowest BCUT2D eigenvalue weighted by Gasteiger charge is -2.11. The van der Waals surface area contributed by atoms with Crippen molar-refractivity contribution < 1.29 is 8.42 Å². The third-order valence-corrected chi connectivity index (χ3v) is 3.29. The predicted molar refractivity (Wildman–Crippen MR) is 75.4 cm³/mol. The first-order chi connectivity index (χ1) is 8.69. The second-order valence-corrected chi connectivity index (χ2v) is 4.66. The second kappa shape index (κ2) is 7.77. The molecule has 0 aliphatic heterocycles. The second-order valence-electron chi connectivity index (χ2n) is 4.52. The van der Waals surface area contributed by atoms with Gasteiger partial charge in [-0.1, -0.05) is 62.4 Å². The normalized spacial score (nSPS) is 22.2. The van der Waals surface area contributed by atoms with E-state index in [2.05, 4.69) is 62.4 Å². The Bertz CT molecular complexity index is 457. The van der Waals surface area contributed by atoms with Gasteiger partial charge in [0.05, 0.1) is 0 Å². The lowest BCUT2D eigenvalue weighted by molar-refractivity contribution is 0.468. The van der Waals surface area contributed by atoms with Crippen LogP contribution in [0.4, 0.5) is 0 Å². The van der Waals surface area contributed by atoms with Gasteiger partial charge in [-0.2, -0.15) is 8.42 Å². The van der Waals surface area contributed by atoms with E-state index in [1.54, 1.807) is 0 Å². The van der Waals surface area contributed by atoms with Gasteiger partial charge in [0.25, 0.3) is 0 Å². The minimum absolute atomic E-state index is 0.683. The van der Waals surface area contributed by atoms with Crippen LogP contribution in [-0.4, -0.2) is 8.42 Å². The van der Waals surface area contributed by atoms with Crippen LogP contribution in [0.5, 0.6) is 0 Å². The molecule has 0 radical (unpaired) electrons. The van der Waals surface area contributed by atoms with E-state index in [1.807, 2.05) is 0 Å². The lowest BCUT2D eigenvalue weighted by atomic mass is 9.94. The summed E-state index contributed by atoms with van der Waals surface area (Å²) in [5.74, 6) is 1.44. The Labute approximate surface area is 112 Å². The largest absolute Gasteiger partial charge is 0.335 e. The Hall–Kier alpha value is -1.48. The van der Waals surface area contributed by atoms with Crippen LogP contribution in [0.15, 0.2) is 48.6 Å². The molecule has 0 amide bonds. The Kier molecular flexibility index (Phi) is 6.29. The molecular weight excluding hydrogens is 244 g/mol. The number of hydrogen-bond acceptors (Lipinski definition) is 2. The molecule has 0 saturated carbocycles. The zero-order valence-electron chi connectivity index (χ0n) is 10.7. The molecule has 2 unspecified atom stereocenters. The van der Waals surface area contributed by atoms with Crippen molar-refractivity contribution in [3.63, 3.8) is 0 Å². The molecule has 1 aromatic rings. The highest BCUT2D eigenvalue weighted by Gasteiger charge is 2.11. The zero-order chi connectivity index (χ0) is 13.4. The van der Waals surface area contributed by atoms with E-state index >= 15 is 0 Å². The van der Waals surface area contributed by atoms with E-state index in [4.69, 9.17) is 8.42 Å². The molecule has 2 atom stereocenters. The topological polar surface area (TPSA) is 34.1 Å². The fourth-order valence-electron chi connectivity index (χ4n) is 1.89. The molecule has 1 aromatic carbocycles. The molecule has 3 heteroatoms. The van der Waals surface area contributed by atoms with Crippen LogP contribution in [0.1, 0.15) is 25.8 Å². The van der Waals surface area contributed by atoms with Crippen LogP contribution in [0.2, 0.25) is 0 Å². The standard InChI is InChI=1S/C15H18.O2S/c1-12-8-10-15(11-9-13(12)2)14-6-4-3-5-7-14;1-3-2/h3-8,10-13H,9H2,1-2H3;. The van der Waals surface area contributed by atoms with E-state index in [0.29, 0.717) is 5.92 Å². The molecule has 2 nitrogen and oxygen atoms in total. The summed E-state index contributed by atoms with van der Waals surface area (Å²) in [6, 6.07) is 10.6. The summed E-state index contributed by atoms with van der Waals surface area (Å²) in [4.78, 5) is 0. The smallest absolute Gasteiger partial charge is 0.168 e. The summed E-state index contributed by atoms with van der Waals surface area (Å²) in [6.45, 7) is 4.61. The Morgan fingerprint density at radius 2 is 1.72 bits per heavy atom. The SMILES string of the molecule is CC1C=CC(c2ccccc2)=CCC1C.O=S=O. The van der Waals surface area contributed by atoms with Gasteiger partial charge in [0.1, 0.15) is 0 Å². The molecule has 18 heavy (non-hydrogen) atoms. The highest BCUT2D eigenvalue weighted by Crippen LogP contribution is 2.26. The predicted octanol–water partition coefficient (Wildman–Crippen LogP) is 3.63. The molecular formula is C15H18O2S. The molecule has 0 N–H and O–H groups in total. The minimum Gasteiger partial charge on any atom is -0.168 e. The van der Waals surface area contributed by atoms with Crippen LogP contribution < -0.4 is 0 Å². The Balaban J connectivity index is 0.000000492. The first kappa shape index (κ1) is 14.6. The number of allylic oxidation sites excluding steroid dienone is 4. The fourth-order valence-corrected chi connectivity index (χ4v) is 1.89. The lowest BCUT2D eigenvalue weighted by Crippen LogP contribution is -2.01. The average Bonchev–Trinajstić information content (AvgIpc) is 2.55. The summed E-state index contributed by atoms with van der Waals surface area (Å²) in [6.07, 6.45) is 8.14. The minimum atomic E-state index is -0.750. The van der Waals surface area contributed by atoms with Crippen LogP contribution in [0, 0.1) is 11.8 Å². The fraction of sp³-hybridized carbons (Fsp3) is 0.333. The molecule has 0 saturated heterocycles. The third-order valence-electron chi connectivity index (χ3n) is 3.29. The van der Waals surface area contributed by atoms with Crippen molar-refractivity contribution in [3.05, 3.63) is 54.1 Å². The Morgan fingerprint density at radius 3 is 2.33 bits per heavy atom. The van der Waals surface area contributed by atoms with Gasteiger partial charge in [-0.05, 0) is 29.4 Å². The van der Waals surface area contributed by atoms with E-state index < -0.39 is 11.6 Å². The van der Waals surface area contributed by atoms with Crippen LogP contribution in [0.25, 0.3) is 5.57 Å². The van der Waals surface area contributed by atoms with Gasteiger partial charge >= 0.3 is 11.6 Å². The maximum absolute atomic E-state index is 8.29. The molecule has 0 spiro atoms. The molecule has 1 aliphatic rings. The Morgan fingerprint density at radius 1 is 1.11 bits per heavy atom. The monoisotopic (exact) mass is 262 g/mol. The van der Waals surface area contributed by atoms with E-state index in [1.165, 1.54) is 17.6 Å². The molecule has 2 rings (SSSR count). The highest BCUT2D eigenvalue weighted by molar-refractivity contribution is 7.51. The molecule has 0 heterocycles. The van der Waals surface area contributed by atoms with E-state index in [-0.39, 0.29) is 0 Å². The summed E-state index contributed by atoms with van der Waals surface area (Å²) in [7, 11) is 0. The molecule has 0 aromatic heterocycles. The first-order valence-corrected chi connectivity index (χ1v) is 6.71. The molecule has 96 valence electrons. The summed E-state index contributed by atoms with van der Waals surface area (Å²) >= 11 is -0.750. The van der Waals surface area contributed by atoms with Gasteiger partial charge in [-0.3, -0.25) is 0 Å². The van der Waals surface area contributed by atoms with Crippen molar-refractivity contribution in [2.45, 2.75) is 20.3 Å².